The lowest BCUT2D eigenvalue weighted by molar-refractivity contribution is 0.694. The van der Waals surface area contributed by atoms with E-state index in [1.807, 2.05) is 13.8 Å². The average Bonchev–Trinajstić information content (AvgIpc) is 1.66. The first-order valence-corrected chi connectivity index (χ1v) is 51.4. The van der Waals surface area contributed by atoms with Gasteiger partial charge in [-0.15, -0.1) is 0 Å². The summed E-state index contributed by atoms with van der Waals surface area (Å²) < 4.78 is 0. The van der Waals surface area contributed by atoms with Crippen molar-refractivity contribution in [3.8, 4) is 0 Å². The zero-order valence-electron chi connectivity index (χ0n) is 84.1. The second-order valence-electron chi connectivity index (χ2n) is 40.0. The topological polar surface area (TPSA) is 78.9 Å². The Morgan fingerprint density at radius 2 is 0.469 bits per heavy atom. The lowest BCUT2D eigenvalue weighted by Gasteiger charge is -2.34. The quantitative estimate of drug-likeness (QED) is 0.0597. The molecule has 5 N–H and O–H groups in total. The van der Waals surface area contributed by atoms with Crippen molar-refractivity contribution >= 4 is 174 Å². The molecule has 23 aromatic carbocycles. The van der Waals surface area contributed by atoms with Crippen LogP contribution in [0.2, 0.25) is 0 Å². The molecule has 0 spiro atoms. The molecular weight excluding hydrogens is 1750 g/mol. The summed E-state index contributed by atoms with van der Waals surface area (Å²) in [7, 11) is 0. The summed E-state index contributed by atoms with van der Waals surface area (Å²) in [6.45, 7) is 24.3. The van der Waals surface area contributed by atoms with Crippen molar-refractivity contribution in [2.75, 3.05) is 0 Å². The number of aromatic amines is 5. The van der Waals surface area contributed by atoms with Crippen molar-refractivity contribution in [2.45, 2.75) is 105 Å². The van der Waals surface area contributed by atoms with Crippen LogP contribution < -0.4 is 0 Å². The molecule has 5 heterocycles. The molecule has 0 radical (unpaired) electrons. The number of fused-ring (bicyclic) bond motifs is 18. The van der Waals surface area contributed by atoms with Gasteiger partial charge in [0.25, 0.3) is 0 Å². The van der Waals surface area contributed by atoms with Gasteiger partial charge < -0.3 is 24.9 Å². The highest BCUT2D eigenvalue weighted by Gasteiger charge is 2.36. The number of rotatable bonds is 12. The molecule has 702 valence electrons. The second-order valence-corrected chi connectivity index (χ2v) is 40.0. The van der Waals surface area contributed by atoms with E-state index in [4.69, 9.17) is 0 Å². The summed E-state index contributed by atoms with van der Waals surface area (Å²) in [5.74, 6) is 1.05. The molecule has 0 fully saturated rings. The fraction of sp³-hybridized carbons (Fsp3) is 0.114. The van der Waals surface area contributed by atoms with E-state index in [0.29, 0.717) is 17.8 Å². The van der Waals surface area contributed by atoms with Crippen molar-refractivity contribution in [2.24, 2.45) is 0 Å². The maximum absolute atomic E-state index is 3.62. The number of H-pyrrole nitrogens is 5. The van der Waals surface area contributed by atoms with Crippen LogP contribution in [0.3, 0.4) is 0 Å². The van der Waals surface area contributed by atoms with Gasteiger partial charge in [0, 0.05) is 138 Å². The molecule has 0 bridgehead atoms. The van der Waals surface area contributed by atoms with Crippen LogP contribution in [0.4, 0.5) is 0 Å². The SMILES string of the molecule is CC.CC(c1ccc2[nH]c3ccccc3c2c1)c1cccc2ccccc12.Cc1ccc2[nH]c3ccc(C(C)(c4cccc5ccccc45)c4cccc5ccccc45)cc3c2c1.Cc1ccc2[nH]c3ccc(C(C)(c4ccccc4)c4ccccc4)cc3c2c1.Cc1ccc2[nH]c3ccc(C(C)c4cc5cccc6ccc7cccc4c7c65)cc3c2c1.Cc1ccc2[nH]c3ccc(C(C)c4ccccc4)cc3c2c1. The van der Waals surface area contributed by atoms with Crippen LogP contribution in [0.25, 0.3) is 174 Å². The summed E-state index contributed by atoms with van der Waals surface area (Å²) >= 11 is 0. The van der Waals surface area contributed by atoms with E-state index in [1.54, 1.807) is 0 Å². The highest BCUT2D eigenvalue weighted by atomic mass is 14.7. The lowest BCUT2D eigenvalue weighted by Crippen LogP contribution is -2.26. The Hall–Kier alpha value is -17.1. The van der Waals surface area contributed by atoms with E-state index in [0.717, 1.165) is 0 Å². The van der Waals surface area contributed by atoms with Gasteiger partial charge in [0.05, 0.1) is 0 Å². The third kappa shape index (κ3) is 16.8. The second kappa shape index (κ2) is 38.4. The summed E-state index contributed by atoms with van der Waals surface area (Å²) in [6.07, 6.45) is 0. The molecule has 28 rings (SSSR count). The van der Waals surface area contributed by atoms with Crippen LogP contribution in [0, 0.1) is 27.7 Å². The maximum Gasteiger partial charge on any atom is 0.0465 e. The van der Waals surface area contributed by atoms with E-state index in [9.17, 15) is 0 Å². The minimum absolute atomic E-state index is 0.218. The van der Waals surface area contributed by atoms with Crippen LogP contribution in [0.15, 0.2) is 461 Å². The third-order valence-corrected chi connectivity index (χ3v) is 31.2. The molecule has 0 saturated carbocycles. The van der Waals surface area contributed by atoms with Gasteiger partial charge in [-0.3, -0.25) is 0 Å². The van der Waals surface area contributed by atoms with Gasteiger partial charge in [-0.05, 0) is 294 Å². The predicted octanol–water partition coefficient (Wildman–Crippen LogP) is 38.4. The summed E-state index contributed by atoms with van der Waals surface area (Å²) in [5, 5.41) is 28.9. The zero-order chi connectivity index (χ0) is 98.7. The molecule has 5 heteroatoms. The highest BCUT2D eigenvalue weighted by Crippen LogP contribution is 2.49. The lowest BCUT2D eigenvalue weighted by atomic mass is 9.68. The van der Waals surface area contributed by atoms with Crippen LogP contribution >= 0.6 is 0 Å². The third-order valence-electron chi connectivity index (χ3n) is 31.2. The van der Waals surface area contributed by atoms with Gasteiger partial charge >= 0.3 is 0 Å². The van der Waals surface area contributed by atoms with Gasteiger partial charge in [0.15, 0.2) is 0 Å². The molecule has 0 aliphatic carbocycles. The molecule has 3 atom stereocenters. The van der Waals surface area contributed by atoms with E-state index in [1.165, 1.54) is 263 Å². The first-order valence-electron chi connectivity index (χ1n) is 51.4. The zero-order valence-corrected chi connectivity index (χ0v) is 84.1. The Kier molecular flexibility index (Phi) is 24.3. The Labute approximate surface area is 847 Å². The van der Waals surface area contributed by atoms with Crippen molar-refractivity contribution in [1.82, 2.24) is 24.9 Å². The molecule has 28 aromatic rings. The number of nitrogens with one attached hydrogen (secondary N) is 5. The minimum Gasteiger partial charge on any atom is -0.355 e. The predicted molar refractivity (Wildman–Crippen MR) is 624 cm³/mol. The van der Waals surface area contributed by atoms with Crippen molar-refractivity contribution in [3.05, 3.63) is 550 Å². The number of aromatic nitrogens is 5. The molecular formula is C140H117N5. The first kappa shape index (κ1) is 91.6. The fourth-order valence-corrected chi connectivity index (χ4v) is 23.3. The molecule has 5 nitrogen and oxygen atoms in total. The monoisotopic (exact) mass is 1870 g/mol. The minimum atomic E-state index is -0.358. The van der Waals surface area contributed by atoms with Crippen molar-refractivity contribution in [1.29, 1.82) is 0 Å². The van der Waals surface area contributed by atoms with Crippen LogP contribution in [0.1, 0.15) is 155 Å². The fourth-order valence-electron chi connectivity index (χ4n) is 23.3. The summed E-state index contributed by atoms with van der Waals surface area (Å²) in [4.78, 5) is 17.8. The number of hydrogen-bond acceptors (Lipinski definition) is 0. The van der Waals surface area contributed by atoms with E-state index in [2.05, 4.69) is 548 Å². The highest BCUT2D eigenvalue weighted by molar-refractivity contribution is 6.24. The summed E-state index contributed by atoms with van der Waals surface area (Å²) in [5.41, 5.74) is 32.6. The van der Waals surface area contributed by atoms with E-state index < -0.39 is 0 Å². The van der Waals surface area contributed by atoms with E-state index in [-0.39, 0.29) is 10.8 Å². The molecule has 0 saturated heterocycles. The van der Waals surface area contributed by atoms with Crippen LogP contribution in [-0.4, -0.2) is 24.9 Å². The largest absolute Gasteiger partial charge is 0.355 e. The maximum atomic E-state index is 3.62. The Morgan fingerprint density at radius 3 is 0.931 bits per heavy atom. The molecule has 0 aliphatic heterocycles. The van der Waals surface area contributed by atoms with Gasteiger partial charge in [-0.2, -0.15) is 0 Å². The van der Waals surface area contributed by atoms with Crippen molar-refractivity contribution in [3.63, 3.8) is 0 Å². The average molecular weight is 1870 g/mol. The normalized spacial score (nSPS) is 12.4. The molecule has 145 heavy (non-hydrogen) atoms. The van der Waals surface area contributed by atoms with Gasteiger partial charge in [0.1, 0.15) is 0 Å². The van der Waals surface area contributed by atoms with Crippen LogP contribution in [0.5, 0.6) is 0 Å². The first-order chi connectivity index (χ1) is 71.0. The number of aryl methyl sites for hydroxylation is 4. The van der Waals surface area contributed by atoms with Gasteiger partial charge in [-0.1, -0.05) is 397 Å². The standard InChI is InChI=1S/C35H27N.C31H23N.C27H23N.C24H19N.C21H19N.C2H6/c1-23-17-19-33-29(21-23)30-22-26(18-20-34(30)36-33)35(2,31-15-7-11-24-9-3-5-13-27(24)31)32-16-8-12-25-10-4-6-14-28(25)32;1-18-9-13-28-26(15-18)27-16-22(12-14-29(27)32-28)19(2)25-17-23-7-3-5-20-10-11-21-6-4-8-24(25)31(21)30(20)23;1-19-13-15-25-23(17-19)24-18-22(14-16-26(24)28-25)27(2,20-9-5-3-6-10-20)21-11-7-4-8-12-21;1-16(19-11-6-8-17-7-2-3-9-20(17)19)18-13-14-24-22(15-18)21-10-4-5-12-23(21)25-24;1-14-8-10-20-18(12-14)19-13-17(9-11-21(19)22-20)15(2)16-6-4-3-5-7-16;1-2/h3-22,36H,1-2H3;3-17,19,32H,1-2H3;3-18,28H,1-2H3;2-16,25H,1H3;3-13,15,22H,1-2H3;1-2H3. The Balaban J connectivity index is 0.000000101. The number of benzene rings is 23. The number of para-hydroxylation sites is 1. The van der Waals surface area contributed by atoms with E-state index >= 15 is 0 Å². The molecule has 5 aromatic heterocycles. The van der Waals surface area contributed by atoms with Gasteiger partial charge in [-0.25, -0.2) is 0 Å². The van der Waals surface area contributed by atoms with Gasteiger partial charge in [0.2, 0.25) is 0 Å². The van der Waals surface area contributed by atoms with Crippen LogP contribution in [-0.2, 0) is 10.8 Å². The number of hydrogen-bond donors (Lipinski definition) is 5. The smallest absolute Gasteiger partial charge is 0.0465 e. The molecule has 0 aliphatic rings. The molecule has 3 unspecified atom stereocenters. The summed E-state index contributed by atoms with van der Waals surface area (Å²) in [6, 6.07) is 168. The Morgan fingerprint density at radius 1 is 0.172 bits per heavy atom. The van der Waals surface area contributed by atoms with Crippen molar-refractivity contribution < 1.29 is 0 Å². The Bertz CT molecular complexity index is 9570. The molecule has 0 amide bonds.